The maximum absolute atomic E-state index is 6.43. The predicted molar refractivity (Wildman–Crippen MR) is 66.2 cm³/mol. The Bertz CT molecular complexity index is 388. The van der Waals surface area contributed by atoms with Crippen LogP contribution >= 0.6 is 0 Å². The minimum Gasteiger partial charge on any atom is -0.493 e. The van der Waals surface area contributed by atoms with Crippen molar-refractivity contribution >= 4 is 0 Å². The first kappa shape index (κ1) is 11.1. The van der Waals surface area contributed by atoms with E-state index < -0.39 is 0 Å². The summed E-state index contributed by atoms with van der Waals surface area (Å²) < 4.78 is 11.1. The Morgan fingerprint density at radius 1 is 1.18 bits per heavy atom. The van der Waals surface area contributed by atoms with Crippen molar-refractivity contribution in [1.82, 2.24) is 0 Å². The highest BCUT2D eigenvalue weighted by molar-refractivity contribution is 5.40. The van der Waals surface area contributed by atoms with Gasteiger partial charge in [-0.1, -0.05) is 18.2 Å². The average Bonchev–Trinajstić information content (AvgIpc) is 2.83. The van der Waals surface area contributed by atoms with Gasteiger partial charge < -0.3 is 15.2 Å². The number of para-hydroxylation sites is 1. The third-order valence-electron chi connectivity index (χ3n) is 4.01. The highest BCUT2D eigenvalue weighted by Crippen LogP contribution is 2.38. The van der Waals surface area contributed by atoms with Crippen molar-refractivity contribution in [2.24, 2.45) is 11.7 Å². The van der Waals surface area contributed by atoms with Crippen LogP contribution < -0.4 is 10.5 Å². The van der Waals surface area contributed by atoms with Gasteiger partial charge in [-0.3, -0.25) is 0 Å². The number of ether oxygens (including phenoxy) is 2. The van der Waals surface area contributed by atoms with Crippen molar-refractivity contribution in [3.63, 3.8) is 0 Å². The van der Waals surface area contributed by atoms with E-state index in [-0.39, 0.29) is 6.04 Å². The molecule has 1 fully saturated rings. The molecular formula is C14H19NO2. The predicted octanol–water partition coefficient (Wildman–Crippen LogP) is 1.92. The summed E-state index contributed by atoms with van der Waals surface area (Å²) in [5.74, 6) is 1.94. The second-order valence-corrected chi connectivity index (χ2v) is 4.98. The summed E-state index contributed by atoms with van der Waals surface area (Å²) in [6.45, 7) is 2.44. The van der Waals surface area contributed by atoms with Crippen LogP contribution in [0.2, 0.25) is 0 Å². The fraction of sp³-hybridized carbons (Fsp3) is 0.571. The smallest absolute Gasteiger partial charge is 0.122 e. The summed E-state index contributed by atoms with van der Waals surface area (Å²) >= 11 is 0. The molecule has 1 saturated heterocycles. The van der Waals surface area contributed by atoms with E-state index in [1.54, 1.807) is 0 Å². The minimum absolute atomic E-state index is 0.197. The Morgan fingerprint density at radius 3 is 2.76 bits per heavy atom. The van der Waals surface area contributed by atoms with Crippen molar-refractivity contribution < 1.29 is 9.47 Å². The van der Waals surface area contributed by atoms with Crippen molar-refractivity contribution in [3.8, 4) is 5.75 Å². The molecule has 0 spiro atoms. The highest BCUT2D eigenvalue weighted by atomic mass is 16.5. The van der Waals surface area contributed by atoms with Crippen LogP contribution in [0, 0.1) is 5.92 Å². The number of nitrogens with two attached hydrogens (primary N) is 1. The Hall–Kier alpha value is -1.06. The first-order chi connectivity index (χ1) is 8.36. The van der Waals surface area contributed by atoms with Gasteiger partial charge in [0.1, 0.15) is 5.75 Å². The summed E-state index contributed by atoms with van der Waals surface area (Å²) in [6, 6.07) is 8.46. The van der Waals surface area contributed by atoms with Crippen molar-refractivity contribution in [3.05, 3.63) is 29.8 Å². The zero-order valence-electron chi connectivity index (χ0n) is 9.97. The average molecular weight is 233 g/mol. The van der Waals surface area contributed by atoms with Crippen LogP contribution in [-0.4, -0.2) is 25.9 Å². The van der Waals surface area contributed by atoms with E-state index in [1.807, 2.05) is 12.1 Å². The van der Waals surface area contributed by atoms with Crippen LogP contribution in [0.25, 0.3) is 0 Å². The summed E-state index contributed by atoms with van der Waals surface area (Å²) in [7, 11) is 0. The molecule has 92 valence electrons. The molecule has 3 nitrogen and oxygen atoms in total. The van der Waals surface area contributed by atoms with Gasteiger partial charge in [0.05, 0.1) is 6.61 Å². The van der Waals surface area contributed by atoms with Gasteiger partial charge in [0.25, 0.3) is 0 Å². The molecule has 0 saturated carbocycles. The first-order valence-corrected chi connectivity index (χ1v) is 6.41. The quantitative estimate of drug-likeness (QED) is 0.848. The molecule has 2 unspecified atom stereocenters. The van der Waals surface area contributed by atoms with Gasteiger partial charge in [0.15, 0.2) is 0 Å². The van der Waals surface area contributed by atoms with Gasteiger partial charge >= 0.3 is 0 Å². The fourth-order valence-corrected chi connectivity index (χ4v) is 2.94. The Morgan fingerprint density at radius 2 is 1.94 bits per heavy atom. The fourth-order valence-electron chi connectivity index (χ4n) is 2.94. The van der Waals surface area contributed by atoms with E-state index in [9.17, 15) is 0 Å². The van der Waals surface area contributed by atoms with Crippen LogP contribution in [0.1, 0.15) is 24.3 Å². The number of benzene rings is 1. The van der Waals surface area contributed by atoms with Crippen LogP contribution in [0.5, 0.6) is 5.75 Å². The monoisotopic (exact) mass is 233 g/mol. The lowest BCUT2D eigenvalue weighted by atomic mass is 9.81. The van der Waals surface area contributed by atoms with Crippen molar-refractivity contribution in [2.45, 2.75) is 24.8 Å². The Labute approximate surface area is 102 Å². The Balaban J connectivity index is 1.76. The lowest BCUT2D eigenvalue weighted by Crippen LogP contribution is -2.39. The number of fused-ring (bicyclic) bond motifs is 1. The van der Waals surface area contributed by atoms with E-state index in [1.165, 1.54) is 5.56 Å². The van der Waals surface area contributed by atoms with Crippen LogP contribution in [0.4, 0.5) is 0 Å². The summed E-state index contributed by atoms with van der Waals surface area (Å²) in [4.78, 5) is 0. The summed E-state index contributed by atoms with van der Waals surface area (Å²) in [6.07, 6.45) is 2.17. The molecule has 1 aromatic rings. The molecule has 0 radical (unpaired) electrons. The van der Waals surface area contributed by atoms with Gasteiger partial charge in [-0.25, -0.2) is 0 Å². The molecule has 2 atom stereocenters. The topological polar surface area (TPSA) is 44.5 Å². The van der Waals surface area contributed by atoms with E-state index >= 15 is 0 Å². The zero-order chi connectivity index (χ0) is 11.7. The SMILES string of the molecule is NC(C1CCOCC1)C1COc2ccccc21. The second kappa shape index (κ2) is 4.67. The third kappa shape index (κ3) is 2.05. The molecule has 0 aromatic heterocycles. The number of hydrogen-bond donors (Lipinski definition) is 1. The van der Waals surface area contributed by atoms with E-state index in [0.717, 1.165) is 38.4 Å². The van der Waals surface area contributed by atoms with E-state index in [0.29, 0.717) is 11.8 Å². The summed E-state index contributed by atoms with van der Waals surface area (Å²) in [5.41, 5.74) is 7.72. The molecule has 3 heteroatoms. The first-order valence-electron chi connectivity index (χ1n) is 6.41. The highest BCUT2D eigenvalue weighted by Gasteiger charge is 2.34. The normalized spacial score (nSPS) is 26.3. The maximum atomic E-state index is 6.43. The number of rotatable bonds is 2. The number of hydrogen-bond acceptors (Lipinski definition) is 3. The van der Waals surface area contributed by atoms with Gasteiger partial charge in [0.2, 0.25) is 0 Å². The van der Waals surface area contributed by atoms with Crippen molar-refractivity contribution in [2.75, 3.05) is 19.8 Å². The van der Waals surface area contributed by atoms with Gasteiger partial charge in [0, 0.05) is 30.7 Å². The minimum atomic E-state index is 0.197. The third-order valence-corrected chi connectivity index (χ3v) is 4.01. The molecule has 2 N–H and O–H groups in total. The van der Waals surface area contributed by atoms with Crippen LogP contribution in [0.15, 0.2) is 24.3 Å². The molecule has 0 bridgehead atoms. The standard InChI is InChI=1S/C14H19NO2/c15-14(10-5-7-16-8-6-10)12-9-17-13-4-2-1-3-11(12)13/h1-4,10,12,14H,5-9,15H2. The molecule has 0 amide bonds. The molecule has 2 aliphatic heterocycles. The van der Waals surface area contributed by atoms with Crippen LogP contribution in [-0.2, 0) is 4.74 Å². The second-order valence-electron chi connectivity index (χ2n) is 4.98. The lowest BCUT2D eigenvalue weighted by molar-refractivity contribution is 0.0542. The lowest BCUT2D eigenvalue weighted by Gasteiger charge is -2.30. The van der Waals surface area contributed by atoms with Crippen molar-refractivity contribution in [1.29, 1.82) is 0 Å². The molecule has 17 heavy (non-hydrogen) atoms. The molecule has 2 aliphatic rings. The summed E-state index contributed by atoms with van der Waals surface area (Å²) in [5, 5.41) is 0. The molecule has 1 aromatic carbocycles. The molecule has 3 rings (SSSR count). The van der Waals surface area contributed by atoms with Gasteiger partial charge in [-0.05, 0) is 24.8 Å². The Kier molecular flexibility index (Phi) is 3.04. The zero-order valence-corrected chi connectivity index (χ0v) is 9.97. The van der Waals surface area contributed by atoms with Crippen LogP contribution in [0.3, 0.4) is 0 Å². The van der Waals surface area contributed by atoms with Gasteiger partial charge in [-0.15, -0.1) is 0 Å². The molecule has 0 aliphatic carbocycles. The largest absolute Gasteiger partial charge is 0.493 e. The molecular weight excluding hydrogens is 214 g/mol. The molecule has 2 heterocycles. The van der Waals surface area contributed by atoms with E-state index in [2.05, 4.69) is 12.1 Å². The van der Waals surface area contributed by atoms with E-state index in [4.69, 9.17) is 15.2 Å². The van der Waals surface area contributed by atoms with Gasteiger partial charge in [-0.2, -0.15) is 0 Å². The maximum Gasteiger partial charge on any atom is 0.122 e.